The second-order valence-electron chi connectivity index (χ2n) is 4.55. The van der Waals surface area contributed by atoms with Gasteiger partial charge in [0.1, 0.15) is 4.70 Å². The zero-order valence-corrected chi connectivity index (χ0v) is 14.8. The molecule has 3 rings (SSSR count). The third-order valence-electron chi connectivity index (χ3n) is 2.95. The van der Waals surface area contributed by atoms with E-state index in [2.05, 4.69) is 16.9 Å². The fourth-order valence-corrected chi connectivity index (χ4v) is 4.09. The molecule has 0 fully saturated rings. The largest absolute Gasteiger partial charge is 0.300 e. The summed E-state index contributed by atoms with van der Waals surface area (Å²) in [6.45, 7) is 2.09. The van der Waals surface area contributed by atoms with Crippen LogP contribution in [0.15, 0.2) is 34.2 Å². The highest BCUT2D eigenvalue weighted by molar-refractivity contribution is 7.99. The maximum Gasteiger partial charge on any atom is 0.271 e. The molecular formula is C14H12ClN3OS3. The van der Waals surface area contributed by atoms with E-state index in [1.54, 1.807) is 12.1 Å². The molecule has 0 saturated heterocycles. The molecule has 0 spiro atoms. The Morgan fingerprint density at radius 3 is 2.82 bits per heavy atom. The number of hydrogen-bond donors (Lipinski definition) is 1. The predicted octanol–water partition coefficient (Wildman–Crippen LogP) is 4.66. The quantitative estimate of drug-likeness (QED) is 0.413. The molecule has 0 aliphatic rings. The Morgan fingerprint density at radius 1 is 1.41 bits per heavy atom. The number of halogens is 1. The summed E-state index contributed by atoms with van der Waals surface area (Å²) in [5, 5.41) is 1.27. The molecule has 3 aromatic rings. The van der Waals surface area contributed by atoms with Gasteiger partial charge < -0.3 is 4.98 Å². The molecule has 4 nitrogen and oxygen atoms in total. The average molecular weight is 370 g/mol. The summed E-state index contributed by atoms with van der Waals surface area (Å²) in [7, 11) is 0. The van der Waals surface area contributed by atoms with Crippen molar-refractivity contribution in [2.45, 2.75) is 18.5 Å². The Morgan fingerprint density at radius 2 is 2.14 bits per heavy atom. The van der Waals surface area contributed by atoms with E-state index in [9.17, 15) is 4.79 Å². The lowest BCUT2D eigenvalue weighted by molar-refractivity contribution is 0.940. The number of benzene rings is 1. The molecule has 22 heavy (non-hydrogen) atoms. The van der Waals surface area contributed by atoms with E-state index in [1.807, 2.05) is 16.7 Å². The van der Waals surface area contributed by atoms with Gasteiger partial charge in [0.25, 0.3) is 5.56 Å². The second kappa shape index (κ2) is 6.54. The van der Waals surface area contributed by atoms with Gasteiger partial charge >= 0.3 is 0 Å². The van der Waals surface area contributed by atoms with E-state index in [0.717, 1.165) is 17.9 Å². The fourth-order valence-electron chi connectivity index (χ4n) is 1.98. The van der Waals surface area contributed by atoms with Gasteiger partial charge in [-0.15, -0.1) is 0 Å². The number of nitrogens with one attached hydrogen (secondary N) is 1. The van der Waals surface area contributed by atoms with Crippen LogP contribution in [-0.4, -0.2) is 20.3 Å². The van der Waals surface area contributed by atoms with Crippen molar-refractivity contribution in [1.82, 2.24) is 14.5 Å². The maximum absolute atomic E-state index is 12.2. The van der Waals surface area contributed by atoms with Crippen LogP contribution in [0.4, 0.5) is 0 Å². The molecule has 0 aliphatic carbocycles. The highest BCUT2D eigenvalue weighted by Crippen LogP contribution is 2.25. The highest BCUT2D eigenvalue weighted by Gasteiger charge is 2.13. The number of fused-ring (bicyclic) bond motifs is 1. The minimum Gasteiger partial charge on any atom is -0.300 e. The normalized spacial score (nSPS) is 11.2. The van der Waals surface area contributed by atoms with E-state index < -0.39 is 0 Å². The third kappa shape index (κ3) is 2.99. The van der Waals surface area contributed by atoms with Crippen LogP contribution in [0, 0.1) is 3.95 Å². The minimum absolute atomic E-state index is 0.146. The van der Waals surface area contributed by atoms with Crippen molar-refractivity contribution >= 4 is 57.3 Å². The Bertz CT molecular complexity index is 927. The number of thioether (sulfide) groups is 1. The summed E-state index contributed by atoms with van der Waals surface area (Å²) in [6.07, 6.45) is 1.01. The fraction of sp³-hybridized carbons (Fsp3) is 0.214. The van der Waals surface area contributed by atoms with Crippen molar-refractivity contribution in [2.75, 3.05) is 5.75 Å². The Balaban J connectivity index is 2.23. The molecule has 1 aromatic carbocycles. The van der Waals surface area contributed by atoms with E-state index in [4.69, 9.17) is 23.8 Å². The number of nitrogens with zero attached hydrogens (tertiary/aromatic N) is 2. The summed E-state index contributed by atoms with van der Waals surface area (Å²) in [5.41, 5.74) is 1.30. The number of thiazole rings is 1. The smallest absolute Gasteiger partial charge is 0.271 e. The van der Waals surface area contributed by atoms with Crippen molar-refractivity contribution in [3.05, 3.63) is 43.6 Å². The number of aromatic amines is 1. The summed E-state index contributed by atoms with van der Waals surface area (Å²) in [5.74, 6) is 0.903. The van der Waals surface area contributed by atoms with Crippen molar-refractivity contribution < 1.29 is 0 Å². The van der Waals surface area contributed by atoms with Gasteiger partial charge in [-0.3, -0.25) is 9.36 Å². The van der Waals surface area contributed by atoms with E-state index >= 15 is 0 Å². The van der Waals surface area contributed by atoms with Gasteiger partial charge in [-0.25, -0.2) is 4.98 Å². The minimum atomic E-state index is -0.146. The van der Waals surface area contributed by atoms with Crippen molar-refractivity contribution in [3.63, 3.8) is 0 Å². The molecule has 2 aromatic heterocycles. The number of H-pyrrole nitrogens is 1. The van der Waals surface area contributed by atoms with Gasteiger partial charge in [-0.1, -0.05) is 41.6 Å². The van der Waals surface area contributed by atoms with Crippen molar-refractivity contribution in [3.8, 4) is 5.69 Å². The summed E-state index contributed by atoms with van der Waals surface area (Å²) < 4.78 is 2.95. The van der Waals surface area contributed by atoms with Gasteiger partial charge in [0, 0.05) is 16.5 Å². The molecule has 1 N–H and O–H groups in total. The van der Waals surface area contributed by atoms with Gasteiger partial charge in [0.2, 0.25) is 0 Å². The molecule has 0 saturated carbocycles. The Kier molecular flexibility index (Phi) is 4.67. The lowest BCUT2D eigenvalue weighted by Gasteiger charge is -2.05. The molecule has 8 heteroatoms. The monoisotopic (exact) mass is 369 g/mol. The topological polar surface area (TPSA) is 50.7 Å². The van der Waals surface area contributed by atoms with Crippen LogP contribution in [0.3, 0.4) is 0 Å². The van der Waals surface area contributed by atoms with Gasteiger partial charge in [0.05, 0.1) is 0 Å². The van der Waals surface area contributed by atoms with Crippen molar-refractivity contribution in [1.29, 1.82) is 0 Å². The molecule has 2 heterocycles. The summed E-state index contributed by atoms with van der Waals surface area (Å²) in [6, 6.07) is 7.32. The molecule has 0 atom stereocenters. The molecule has 0 aliphatic heterocycles. The van der Waals surface area contributed by atoms with Crippen LogP contribution in [0.25, 0.3) is 16.0 Å². The van der Waals surface area contributed by atoms with E-state index in [1.165, 1.54) is 23.1 Å². The lowest BCUT2D eigenvalue weighted by atomic mass is 10.3. The van der Waals surface area contributed by atoms with Crippen LogP contribution >= 0.6 is 46.9 Å². The first-order valence-electron chi connectivity index (χ1n) is 6.64. The summed E-state index contributed by atoms with van der Waals surface area (Å²) >= 11 is 14.1. The second-order valence-corrected chi connectivity index (χ2v) is 7.72. The number of hydrogen-bond acceptors (Lipinski definition) is 5. The molecular weight excluding hydrogens is 358 g/mol. The average Bonchev–Trinajstić information content (AvgIpc) is 2.83. The number of aromatic nitrogens is 3. The molecule has 0 amide bonds. The van der Waals surface area contributed by atoms with Crippen LogP contribution in [0.2, 0.25) is 5.02 Å². The van der Waals surface area contributed by atoms with Gasteiger partial charge in [-0.2, -0.15) is 0 Å². The molecule has 0 unspecified atom stereocenters. The van der Waals surface area contributed by atoms with Gasteiger partial charge in [0.15, 0.2) is 14.8 Å². The number of rotatable bonds is 4. The van der Waals surface area contributed by atoms with Crippen LogP contribution in [0.5, 0.6) is 0 Å². The predicted molar refractivity (Wildman–Crippen MR) is 96.4 cm³/mol. The Labute approximate surface area is 145 Å². The Hall–Kier alpha value is -1.15. The first-order valence-corrected chi connectivity index (χ1v) is 9.23. The van der Waals surface area contributed by atoms with Crippen LogP contribution < -0.4 is 5.56 Å². The first-order chi connectivity index (χ1) is 10.6. The van der Waals surface area contributed by atoms with Crippen LogP contribution in [-0.2, 0) is 0 Å². The summed E-state index contributed by atoms with van der Waals surface area (Å²) in [4.78, 5) is 19.6. The molecule has 0 radical (unpaired) electrons. The van der Waals surface area contributed by atoms with Gasteiger partial charge in [-0.05, 0) is 42.9 Å². The van der Waals surface area contributed by atoms with Crippen LogP contribution in [0.1, 0.15) is 13.3 Å². The SMILES string of the molecule is CCCSc1nc2c(sc(=S)n2-c2ccc(Cl)cc2)c(=O)[nH]1. The third-order valence-corrected chi connectivity index (χ3v) is 5.64. The van der Waals surface area contributed by atoms with E-state index in [-0.39, 0.29) is 5.56 Å². The lowest BCUT2D eigenvalue weighted by Crippen LogP contribution is -2.09. The zero-order chi connectivity index (χ0) is 15.7. The standard InChI is InChI=1S/C14H12ClN3OS3/c1-2-7-21-13-16-11-10(12(19)17-13)22-14(20)18(11)9-5-3-8(15)4-6-9/h3-6H,2,7H2,1H3,(H,16,17,19). The maximum atomic E-state index is 12.2. The first kappa shape index (κ1) is 15.7. The highest BCUT2D eigenvalue weighted by atomic mass is 35.5. The van der Waals surface area contributed by atoms with E-state index in [0.29, 0.717) is 24.5 Å². The van der Waals surface area contributed by atoms with Crippen molar-refractivity contribution in [2.24, 2.45) is 0 Å². The molecule has 0 bridgehead atoms. The molecule has 114 valence electrons. The zero-order valence-electron chi connectivity index (χ0n) is 11.6.